The third-order valence-electron chi connectivity index (χ3n) is 4.01. The number of aryl methyl sites for hydroxylation is 1. The van der Waals surface area contributed by atoms with Crippen LogP contribution in [0.4, 0.5) is 0 Å². The quantitative estimate of drug-likeness (QED) is 0.750. The van der Waals surface area contributed by atoms with E-state index in [1.807, 2.05) is 0 Å². The molecule has 1 heterocycles. The van der Waals surface area contributed by atoms with Gasteiger partial charge in [-0.15, -0.1) is 0 Å². The fourth-order valence-corrected chi connectivity index (χ4v) is 2.99. The van der Waals surface area contributed by atoms with E-state index < -0.39 is 0 Å². The van der Waals surface area contributed by atoms with Gasteiger partial charge in [0.05, 0.1) is 11.0 Å². The Hall–Kier alpha value is -1.35. The molecule has 1 aromatic carbocycles. The number of hydrogen-bond acceptors (Lipinski definition) is 2. The Balaban J connectivity index is 2.24. The highest BCUT2D eigenvalue weighted by Gasteiger charge is 2.15. The van der Waals surface area contributed by atoms with E-state index in [-0.39, 0.29) is 0 Å². The Kier molecular flexibility index (Phi) is 6.24. The van der Waals surface area contributed by atoms with Gasteiger partial charge >= 0.3 is 0 Å². The maximum atomic E-state index is 4.88. The molecular weight excluding hydrogens is 258 g/mol. The van der Waals surface area contributed by atoms with E-state index in [0.29, 0.717) is 6.04 Å². The van der Waals surface area contributed by atoms with E-state index in [9.17, 15) is 0 Å². The molecule has 0 fully saturated rings. The first-order valence-electron chi connectivity index (χ1n) is 8.47. The molecule has 1 aromatic heterocycles. The Bertz CT molecular complexity index is 544. The first-order valence-corrected chi connectivity index (χ1v) is 8.47. The van der Waals surface area contributed by atoms with Gasteiger partial charge in [-0.05, 0) is 31.5 Å². The summed E-state index contributed by atoms with van der Waals surface area (Å²) < 4.78 is 2.41. The fourth-order valence-electron chi connectivity index (χ4n) is 2.99. The van der Waals surface area contributed by atoms with Crippen molar-refractivity contribution in [2.75, 3.05) is 6.54 Å². The number of imidazole rings is 1. The number of likely N-dealkylation sites (N-methyl/N-ethyl adjacent to an activating group) is 1. The summed E-state index contributed by atoms with van der Waals surface area (Å²) in [6.07, 6.45) is 5.95. The summed E-state index contributed by atoms with van der Waals surface area (Å²) in [6.45, 7) is 8.77. The van der Waals surface area contributed by atoms with Gasteiger partial charge < -0.3 is 9.88 Å². The molecule has 1 unspecified atom stereocenters. The topological polar surface area (TPSA) is 29.9 Å². The highest BCUT2D eigenvalue weighted by molar-refractivity contribution is 5.75. The number of hydrogen-bond donors (Lipinski definition) is 1. The summed E-state index contributed by atoms with van der Waals surface area (Å²) >= 11 is 0. The molecule has 21 heavy (non-hydrogen) atoms. The first kappa shape index (κ1) is 16.0. The normalized spacial score (nSPS) is 12.9. The zero-order valence-corrected chi connectivity index (χ0v) is 13.7. The van der Waals surface area contributed by atoms with Gasteiger partial charge in [0.2, 0.25) is 0 Å². The minimum absolute atomic E-state index is 0.544. The van der Waals surface area contributed by atoms with Gasteiger partial charge in [0, 0.05) is 19.0 Å². The number of unbranched alkanes of at least 4 members (excludes halogenated alkanes) is 1. The molecule has 0 aliphatic heterocycles. The zero-order valence-electron chi connectivity index (χ0n) is 13.7. The average molecular weight is 287 g/mol. The van der Waals surface area contributed by atoms with Crippen molar-refractivity contribution in [2.24, 2.45) is 0 Å². The number of aromatic nitrogens is 2. The molecule has 2 rings (SSSR count). The Morgan fingerprint density at radius 3 is 2.67 bits per heavy atom. The molecule has 2 aromatic rings. The molecule has 1 atom stereocenters. The number of benzene rings is 1. The molecule has 0 amide bonds. The van der Waals surface area contributed by atoms with Crippen LogP contribution < -0.4 is 5.32 Å². The number of rotatable bonds is 9. The Labute approximate surface area is 128 Å². The van der Waals surface area contributed by atoms with Crippen molar-refractivity contribution in [3.63, 3.8) is 0 Å². The van der Waals surface area contributed by atoms with Crippen LogP contribution in [0.15, 0.2) is 24.3 Å². The van der Waals surface area contributed by atoms with Gasteiger partial charge in [0.1, 0.15) is 5.82 Å². The van der Waals surface area contributed by atoms with Crippen molar-refractivity contribution in [3.05, 3.63) is 30.1 Å². The number of fused-ring (bicyclic) bond motifs is 1. The van der Waals surface area contributed by atoms with Crippen LogP contribution >= 0.6 is 0 Å². The molecule has 0 saturated heterocycles. The van der Waals surface area contributed by atoms with Crippen LogP contribution in [-0.2, 0) is 13.0 Å². The lowest BCUT2D eigenvalue weighted by atomic mass is 10.1. The lowest BCUT2D eigenvalue weighted by Gasteiger charge is -2.18. The second kappa shape index (κ2) is 8.18. The van der Waals surface area contributed by atoms with Gasteiger partial charge in [-0.1, -0.05) is 45.7 Å². The third-order valence-corrected chi connectivity index (χ3v) is 4.01. The van der Waals surface area contributed by atoms with Crippen molar-refractivity contribution in [1.82, 2.24) is 14.9 Å². The van der Waals surface area contributed by atoms with Crippen LogP contribution in [0.5, 0.6) is 0 Å². The van der Waals surface area contributed by atoms with Crippen LogP contribution in [0.3, 0.4) is 0 Å². The minimum atomic E-state index is 0.544. The number of nitrogens with zero attached hydrogens (tertiary/aromatic N) is 2. The maximum absolute atomic E-state index is 4.88. The summed E-state index contributed by atoms with van der Waals surface area (Å²) in [4.78, 5) is 4.88. The predicted molar refractivity (Wildman–Crippen MR) is 90.7 cm³/mol. The minimum Gasteiger partial charge on any atom is -0.328 e. The lowest BCUT2D eigenvalue weighted by Crippen LogP contribution is -2.32. The number of nitrogens with one attached hydrogen (secondary N) is 1. The third kappa shape index (κ3) is 4.07. The molecular formula is C18H29N3. The van der Waals surface area contributed by atoms with Gasteiger partial charge in [-0.25, -0.2) is 4.98 Å². The SMILES string of the molecule is CCCCC(Cc1nc2ccccc2n1CCC)NCC. The first-order chi connectivity index (χ1) is 10.3. The van der Waals surface area contributed by atoms with E-state index in [1.165, 1.54) is 30.6 Å². The van der Waals surface area contributed by atoms with E-state index in [1.54, 1.807) is 0 Å². The molecule has 1 N–H and O–H groups in total. The second-order valence-electron chi connectivity index (χ2n) is 5.77. The van der Waals surface area contributed by atoms with E-state index in [4.69, 9.17) is 4.98 Å². The number of para-hydroxylation sites is 2. The molecule has 0 radical (unpaired) electrons. The van der Waals surface area contributed by atoms with Crippen LogP contribution in [-0.4, -0.2) is 22.1 Å². The molecule has 0 spiro atoms. The lowest BCUT2D eigenvalue weighted by molar-refractivity contribution is 0.457. The smallest absolute Gasteiger partial charge is 0.111 e. The van der Waals surface area contributed by atoms with Crippen molar-refractivity contribution in [2.45, 2.75) is 65.5 Å². The van der Waals surface area contributed by atoms with Crippen LogP contribution in [0.2, 0.25) is 0 Å². The maximum Gasteiger partial charge on any atom is 0.111 e. The van der Waals surface area contributed by atoms with Crippen molar-refractivity contribution in [1.29, 1.82) is 0 Å². The monoisotopic (exact) mass is 287 g/mol. The second-order valence-corrected chi connectivity index (χ2v) is 5.77. The van der Waals surface area contributed by atoms with Gasteiger partial charge in [0.15, 0.2) is 0 Å². The van der Waals surface area contributed by atoms with Gasteiger partial charge in [-0.2, -0.15) is 0 Å². The van der Waals surface area contributed by atoms with Crippen LogP contribution in [0.25, 0.3) is 11.0 Å². The highest BCUT2D eigenvalue weighted by atomic mass is 15.1. The summed E-state index contributed by atoms with van der Waals surface area (Å²) in [7, 11) is 0. The summed E-state index contributed by atoms with van der Waals surface area (Å²) in [5.41, 5.74) is 2.41. The zero-order chi connectivity index (χ0) is 15.1. The van der Waals surface area contributed by atoms with Crippen LogP contribution in [0, 0.1) is 0 Å². The van der Waals surface area contributed by atoms with Crippen LogP contribution in [0.1, 0.15) is 52.3 Å². The largest absolute Gasteiger partial charge is 0.328 e. The Morgan fingerprint density at radius 1 is 1.14 bits per heavy atom. The van der Waals surface area contributed by atoms with Crippen molar-refractivity contribution < 1.29 is 0 Å². The van der Waals surface area contributed by atoms with Crippen molar-refractivity contribution in [3.8, 4) is 0 Å². The van der Waals surface area contributed by atoms with E-state index in [2.05, 4.69) is 54.9 Å². The predicted octanol–water partition coefficient (Wildman–Crippen LogP) is 4.16. The molecule has 0 saturated carbocycles. The molecule has 0 aliphatic rings. The summed E-state index contributed by atoms with van der Waals surface area (Å²) in [5.74, 6) is 1.24. The average Bonchev–Trinajstić information content (AvgIpc) is 2.83. The van der Waals surface area contributed by atoms with Gasteiger partial charge in [0.25, 0.3) is 0 Å². The molecule has 0 bridgehead atoms. The summed E-state index contributed by atoms with van der Waals surface area (Å²) in [5, 5.41) is 3.63. The summed E-state index contributed by atoms with van der Waals surface area (Å²) in [6, 6.07) is 9.05. The van der Waals surface area contributed by atoms with Crippen molar-refractivity contribution >= 4 is 11.0 Å². The molecule has 0 aliphatic carbocycles. The molecule has 3 heteroatoms. The van der Waals surface area contributed by atoms with E-state index in [0.717, 1.165) is 31.4 Å². The molecule has 3 nitrogen and oxygen atoms in total. The van der Waals surface area contributed by atoms with E-state index >= 15 is 0 Å². The van der Waals surface area contributed by atoms with Gasteiger partial charge in [-0.3, -0.25) is 0 Å². The Morgan fingerprint density at radius 2 is 1.95 bits per heavy atom. The fraction of sp³-hybridized carbons (Fsp3) is 0.611. The highest BCUT2D eigenvalue weighted by Crippen LogP contribution is 2.18. The standard InChI is InChI=1S/C18H29N3/c1-4-7-10-15(19-6-3)14-18-20-16-11-8-9-12-17(16)21(18)13-5-2/h8-9,11-12,15,19H,4-7,10,13-14H2,1-3H3. The molecule has 116 valence electrons.